The number of esters is 1. The zero-order valence-corrected chi connectivity index (χ0v) is 23.5. The zero-order valence-electron chi connectivity index (χ0n) is 23.5. The standard InChI is InChI=1S/C31H46O5/c1-17(2)10-9-11-18-24-23(36-27(18)34)16-31(7)20-14-21(32)25-28(3,4)26(35-8)22(33)15-29(25,5)19(20)12-13-30(24,31)6/h10,14,18-19,22-26,33H,9,11-13,15-16H2,1-8H3. The minimum atomic E-state index is -0.595. The van der Waals surface area contributed by atoms with E-state index in [2.05, 4.69) is 54.5 Å². The lowest BCUT2D eigenvalue weighted by Crippen LogP contribution is -2.64. The van der Waals surface area contributed by atoms with E-state index < -0.39 is 11.5 Å². The molecule has 5 nitrogen and oxygen atoms in total. The number of aliphatic hydroxyl groups excluding tert-OH is 1. The van der Waals surface area contributed by atoms with Gasteiger partial charge in [0.1, 0.15) is 6.10 Å². The molecule has 36 heavy (non-hydrogen) atoms. The van der Waals surface area contributed by atoms with Crippen molar-refractivity contribution in [2.75, 3.05) is 7.11 Å². The summed E-state index contributed by atoms with van der Waals surface area (Å²) < 4.78 is 11.8. The van der Waals surface area contributed by atoms with Gasteiger partial charge in [0.25, 0.3) is 0 Å². The Balaban J connectivity index is 1.54. The number of fused-ring (bicyclic) bond motifs is 7. The highest BCUT2D eigenvalue weighted by molar-refractivity contribution is 5.95. The van der Waals surface area contributed by atoms with Crippen molar-refractivity contribution in [2.24, 2.45) is 45.3 Å². The molecule has 0 amide bonds. The molecular weight excluding hydrogens is 452 g/mol. The third-order valence-corrected chi connectivity index (χ3v) is 11.8. The number of rotatable bonds is 4. The van der Waals surface area contributed by atoms with Crippen molar-refractivity contribution >= 4 is 11.8 Å². The Labute approximate surface area is 217 Å². The largest absolute Gasteiger partial charge is 0.462 e. The van der Waals surface area contributed by atoms with Crippen LogP contribution in [0.2, 0.25) is 0 Å². The fourth-order valence-corrected chi connectivity index (χ4v) is 10.3. The average molecular weight is 499 g/mol. The van der Waals surface area contributed by atoms with E-state index in [0.717, 1.165) is 32.1 Å². The van der Waals surface area contributed by atoms with Crippen LogP contribution in [0.25, 0.3) is 0 Å². The first-order valence-corrected chi connectivity index (χ1v) is 14.0. The van der Waals surface area contributed by atoms with Gasteiger partial charge in [0, 0.05) is 24.4 Å². The van der Waals surface area contributed by atoms with Crippen molar-refractivity contribution in [3.8, 4) is 0 Å². The van der Waals surface area contributed by atoms with Gasteiger partial charge in [0.2, 0.25) is 0 Å². The van der Waals surface area contributed by atoms with E-state index >= 15 is 0 Å². The Morgan fingerprint density at radius 1 is 1.17 bits per heavy atom. The Kier molecular flexibility index (Phi) is 6.01. The van der Waals surface area contributed by atoms with Crippen molar-refractivity contribution in [3.63, 3.8) is 0 Å². The van der Waals surface area contributed by atoms with Crippen LogP contribution in [-0.2, 0) is 19.1 Å². The summed E-state index contributed by atoms with van der Waals surface area (Å²) in [7, 11) is 1.65. The second-order valence-electron chi connectivity index (χ2n) is 14.2. The number of hydrogen-bond acceptors (Lipinski definition) is 5. The van der Waals surface area contributed by atoms with Crippen LogP contribution in [0.1, 0.15) is 87.0 Å². The summed E-state index contributed by atoms with van der Waals surface area (Å²) in [6, 6.07) is 0. The van der Waals surface area contributed by atoms with Crippen LogP contribution in [0.15, 0.2) is 23.3 Å². The number of allylic oxidation sites excluding steroid dienone is 4. The van der Waals surface area contributed by atoms with Crippen LogP contribution in [0.5, 0.6) is 0 Å². The average Bonchev–Trinajstić information content (AvgIpc) is 3.16. The molecule has 0 aromatic rings. The molecule has 10 unspecified atom stereocenters. The van der Waals surface area contributed by atoms with Crippen molar-refractivity contribution < 1.29 is 24.2 Å². The van der Waals surface area contributed by atoms with Crippen molar-refractivity contribution in [2.45, 2.75) is 105 Å². The van der Waals surface area contributed by atoms with E-state index in [1.54, 1.807) is 7.11 Å². The predicted molar refractivity (Wildman–Crippen MR) is 139 cm³/mol. The molecule has 10 atom stereocenters. The van der Waals surface area contributed by atoms with Crippen LogP contribution < -0.4 is 0 Å². The number of ether oxygens (including phenoxy) is 2. The second-order valence-corrected chi connectivity index (χ2v) is 14.2. The third kappa shape index (κ3) is 3.27. The fraction of sp³-hybridized carbons (Fsp3) is 0.806. The highest BCUT2D eigenvalue weighted by Crippen LogP contribution is 2.74. The first-order valence-electron chi connectivity index (χ1n) is 14.0. The molecule has 5 heteroatoms. The summed E-state index contributed by atoms with van der Waals surface area (Å²) in [6.07, 6.45) is 8.29. The molecule has 5 rings (SSSR count). The molecule has 0 bridgehead atoms. The van der Waals surface area contributed by atoms with Gasteiger partial charge < -0.3 is 14.6 Å². The lowest BCUT2D eigenvalue weighted by atomic mass is 9.40. The van der Waals surface area contributed by atoms with Crippen molar-refractivity contribution in [1.82, 2.24) is 0 Å². The van der Waals surface area contributed by atoms with E-state index in [9.17, 15) is 14.7 Å². The first-order chi connectivity index (χ1) is 16.7. The summed E-state index contributed by atoms with van der Waals surface area (Å²) in [6.45, 7) is 15.3. The summed E-state index contributed by atoms with van der Waals surface area (Å²) in [5.41, 5.74) is 1.47. The van der Waals surface area contributed by atoms with Crippen LogP contribution in [0, 0.1) is 45.3 Å². The quantitative estimate of drug-likeness (QED) is 0.400. The number of aliphatic hydroxyl groups is 1. The SMILES string of the molecule is COC1C(O)CC2(C)C3CCC4(C)C5C(CC4(C)C3=CC(=O)C2C1(C)C)OC(=O)C5CCC=C(C)C. The number of hydrogen-bond donors (Lipinski definition) is 1. The Hall–Kier alpha value is -1.46. The maximum absolute atomic E-state index is 14.0. The maximum Gasteiger partial charge on any atom is 0.309 e. The van der Waals surface area contributed by atoms with Gasteiger partial charge in [-0.15, -0.1) is 0 Å². The highest BCUT2D eigenvalue weighted by Gasteiger charge is 2.72. The number of methoxy groups -OCH3 is 1. The second kappa shape index (κ2) is 8.27. The molecule has 1 saturated heterocycles. The first kappa shape index (κ1) is 26.2. The van der Waals surface area contributed by atoms with Crippen LogP contribution >= 0.6 is 0 Å². The fourth-order valence-electron chi connectivity index (χ4n) is 10.3. The van der Waals surface area contributed by atoms with Gasteiger partial charge in [-0.25, -0.2) is 0 Å². The Bertz CT molecular complexity index is 1020. The molecule has 1 N–H and O–H groups in total. The number of carbonyl (C=O) groups excluding carboxylic acids is 2. The molecule has 1 aliphatic heterocycles. The monoisotopic (exact) mass is 498 g/mol. The van der Waals surface area contributed by atoms with E-state index in [-0.39, 0.29) is 63.9 Å². The van der Waals surface area contributed by atoms with Gasteiger partial charge in [0.15, 0.2) is 5.78 Å². The molecule has 4 fully saturated rings. The highest BCUT2D eigenvalue weighted by atomic mass is 16.6. The van der Waals surface area contributed by atoms with Crippen molar-refractivity contribution in [3.05, 3.63) is 23.3 Å². The molecule has 1 heterocycles. The third-order valence-electron chi connectivity index (χ3n) is 11.8. The Morgan fingerprint density at radius 2 is 1.86 bits per heavy atom. The van der Waals surface area contributed by atoms with E-state index in [1.165, 1.54) is 11.1 Å². The molecule has 5 aliphatic rings. The molecule has 200 valence electrons. The minimum absolute atomic E-state index is 0.0268. The lowest BCUT2D eigenvalue weighted by molar-refractivity contribution is -0.193. The summed E-state index contributed by atoms with van der Waals surface area (Å²) in [5, 5.41) is 11.2. The van der Waals surface area contributed by atoms with Crippen LogP contribution in [0.4, 0.5) is 0 Å². The molecule has 3 saturated carbocycles. The predicted octanol–water partition coefficient (Wildman–Crippen LogP) is 5.65. The zero-order chi connectivity index (χ0) is 26.4. The summed E-state index contributed by atoms with van der Waals surface area (Å²) in [4.78, 5) is 26.9. The van der Waals surface area contributed by atoms with E-state index in [0.29, 0.717) is 6.42 Å². The number of ketones is 1. The topological polar surface area (TPSA) is 72.8 Å². The number of carbonyl (C=O) groups is 2. The molecule has 4 aliphatic carbocycles. The molecular formula is C31H46O5. The molecule has 0 aromatic heterocycles. The van der Waals surface area contributed by atoms with Gasteiger partial charge >= 0.3 is 5.97 Å². The Morgan fingerprint density at radius 3 is 2.50 bits per heavy atom. The minimum Gasteiger partial charge on any atom is -0.462 e. The molecule has 0 aromatic carbocycles. The van der Waals surface area contributed by atoms with Gasteiger partial charge in [-0.1, -0.05) is 51.8 Å². The normalized spacial score (nSPS) is 48.8. The van der Waals surface area contributed by atoms with Crippen LogP contribution in [-0.4, -0.2) is 42.3 Å². The lowest BCUT2D eigenvalue weighted by Gasteiger charge is -2.64. The van der Waals surface area contributed by atoms with Crippen LogP contribution in [0.3, 0.4) is 0 Å². The van der Waals surface area contributed by atoms with Gasteiger partial charge in [-0.2, -0.15) is 0 Å². The van der Waals surface area contributed by atoms with Crippen molar-refractivity contribution in [1.29, 1.82) is 0 Å². The molecule has 0 spiro atoms. The van der Waals surface area contributed by atoms with Gasteiger partial charge in [0.05, 0.1) is 18.1 Å². The van der Waals surface area contributed by atoms with E-state index in [4.69, 9.17) is 9.47 Å². The van der Waals surface area contributed by atoms with E-state index in [1.807, 2.05) is 6.08 Å². The maximum atomic E-state index is 14.0. The summed E-state index contributed by atoms with van der Waals surface area (Å²) in [5.74, 6) is 0.326. The molecule has 0 radical (unpaired) electrons. The van der Waals surface area contributed by atoms with Gasteiger partial charge in [-0.3, -0.25) is 9.59 Å². The smallest absolute Gasteiger partial charge is 0.309 e. The van der Waals surface area contributed by atoms with Gasteiger partial charge in [-0.05, 0) is 80.6 Å². The summed E-state index contributed by atoms with van der Waals surface area (Å²) >= 11 is 0.